The third kappa shape index (κ3) is 3.60. The summed E-state index contributed by atoms with van der Waals surface area (Å²) in [5.41, 5.74) is 5.77. The number of nitrogens with one attached hydrogen (secondary N) is 2. The third-order valence-electron chi connectivity index (χ3n) is 3.92. The highest BCUT2D eigenvalue weighted by Gasteiger charge is 2.21. The van der Waals surface area contributed by atoms with Crippen LogP contribution >= 0.6 is 35.6 Å². The molecule has 0 saturated heterocycles. The molecule has 3 heterocycles. The van der Waals surface area contributed by atoms with E-state index in [0.717, 1.165) is 47.1 Å². The van der Waals surface area contributed by atoms with Gasteiger partial charge in [0.25, 0.3) is 0 Å². The Labute approximate surface area is 161 Å². The van der Waals surface area contributed by atoms with E-state index in [-0.39, 0.29) is 17.9 Å². The highest BCUT2D eigenvalue weighted by molar-refractivity contribution is 6.42. The Balaban J connectivity index is 0.00000113. The second-order valence-electron chi connectivity index (χ2n) is 5.58. The number of aromatic amines is 1. The minimum absolute atomic E-state index is 0. The number of halogens is 3. The van der Waals surface area contributed by atoms with Crippen LogP contribution in [0.3, 0.4) is 0 Å². The number of hydrogen-bond acceptors (Lipinski definition) is 3. The van der Waals surface area contributed by atoms with E-state index in [1.54, 1.807) is 6.07 Å². The molecule has 3 aliphatic heterocycles. The van der Waals surface area contributed by atoms with Crippen LogP contribution in [0.1, 0.15) is 17.9 Å². The summed E-state index contributed by atoms with van der Waals surface area (Å²) in [7, 11) is 0. The van der Waals surface area contributed by atoms with Crippen LogP contribution in [0, 0.1) is 6.92 Å². The van der Waals surface area contributed by atoms with E-state index in [2.05, 4.69) is 15.3 Å². The Morgan fingerprint density at radius 1 is 1.04 bits per heavy atom. The summed E-state index contributed by atoms with van der Waals surface area (Å²) in [6.45, 7) is 2.90. The van der Waals surface area contributed by atoms with Crippen molar-refractivity contribution in [3.8, 4) is 22.6 Å². The molecule has 0 amide bonds. The zero-order valence-corrected chi connectivity index (χ0v) is 15.7. The van der Waals surface area contributed by atoms with Crippen molar-refractivity contribution in [2.24, 2.45) is 0 Å². The molecule has 0 unspecified atom stereocenters. The standard InChI is InChI=1S/C17H14Cl2N4.ClH.H2O/c1-9-21-15-7-14(10-2-3-12(18)13(19)6-10)23-17(15)16(22-9)11-4-5-20-8-11;;/h2-3,6-8,20H,4-5H2,1H3,(H,21,22);1H;1H2. The van der Waals surface area contributed by atoms with E-state index < -0.39 is 0 Å². The zero-order chi connectivity index (χ0) is 16.0. The van der Waals surface area contributed by atoms with Crippen LogP contribution in [-0.2, 0) is 0 Å². The molecule has 0 fully saturated rings. The summed E-state index contributed by atoms with van der Waals surface area (Å²) in [6, 6.07) is 7.57. The minimum Gasteiger partial charge on any atom is -0.412 e. The van der Waals surface area contributed by atoms with Gasteiger partial charge in [-0.15, -0.1) is 12.4 Å². The van der Waals surface area contributed by atoms with Gasteiger partial charge in [-0.2, -0.15) is 0 Å². The van der Waals surface area contributed by atoms with E-state index in [4.69, 9.17) is 28.2 Å². The highest BCUT2D eigenvalue weighted by atomic mass is 35.5. The van der Waals surface area contributed by atoms with E-state index in [0.29, 0.717) is 10.0 Å². The molecule has 4 rings (SSSR count). The van der Waals surface area contributed by atoms with Gasteiger partial charge in [0, 0.05) is 18.3 Å². The van der Waals surface area contributed by atoms with Gasteiger partial charge in [-0.25, -0.2) is 9.97 Å². The molecule has 0 radical (unpaired) electrons. The van der Waals surface area contributed by atoms with Crippen molar-refractivity contribution in [1.29, 1.82) is 0 Å². The van der Waals surface area contributed by atoms with Crippen LogP contribution in [0.5, 0.6) is 0 Å². The molecule has 25 heavy (non-hydrogen) atoms. The number of benzene rings is 1. The van der Waals surface area contributed by atoms with Crippen molar-refractivity contribution in [3.63, 3.8) is 0 Å². The van der Waals surface area contributed by atoms with Gasteiger partial charge in [0.2, 0.25) is 0 Å². The number of H-pyrrole nitrogens is 1. The van der Waals surface area contributed by atoms with Crippen molar-refractivity contribution >= 4 is 41.2 Å². The van der Waals surface area contributed by atoms with E-state index in [1.165, 1.54) is 5.57 Å². The lowest BCUT2D eigenvalue weighted by Crippen LogP contribution is -2.00. The van der Waals surface area contributed by atoms with Gasteiger partial charge < -0.3 is 15.8 Å². The average molecular weight is 400 g/mol. The first-order valence-corrected chi connectivity index (χ1v) is 8.13. The Morgan fingerprint density at radius 2 is 1.84 bits per heavy atom. The maximum absolute atomic E-state index is 6.13. The number of fused-ring (bicyclic) bond motifs is 1. The zero-order valence-electron chi connectivity index (χ0n) is 13.4. The number of nitrogens with zero attached hydrogens (tertiary/aromatic N) is 2. The Hall–Kier alpha value is -1.79. The predicted molar refractivity (Wildman–Crippen MR) is 105 cm³/mol. The molecule has 0 aliphatic carbocycles. The fourth-order valence-corrected chi connectivity index (χ4v) is 3.12. The molecular weight excluding hydrogens is 383 g/mol. The highest BCUT2D eigenvalue weighted by Crippen LogP contribution is 2.35. The van der Waals surface area contributed by atoms with Crippen molar-refractivity contribution in [2.75, 3.05) is 6.54 Å². The number of rotatable bonds is 2. The summed E-state index contributed by atoms with van der Waals surface area (Å²) in [4.78, 5) is 12.7. The average Bonchev–Trinajstić information content (AvgIpc) is 3.18. The van der Waals surface area contributed by atoms with Gasteiger partial charge >= 0.3 is 0 Å². The molecule has 0 atom stereocenters. The molecule has 0 spiro atoms. The molecule has 4 N–H and O–H groups in total. The number of hydrogen-bond donors (Lipinski definition) is 2. The van der Waals surface area contributed by atoms with Crippen LogP contribution in [0.15, 0.2) is 30.5 Å². The number of aromatic nitrogens is 3. The van der Waals surface area contributed by atoms with Crippen LogP contribution in [0.2, 0.25) is 10.0 Å². The quantitative estimate of drug-likeness (QED) is 0.679. The fourth-order valence-electron chi connectivity index (χ4n) is 2.83. The monoisotopic (exact) mass is 398 g/mol. The summed E-state index contributed by atoms with van der Waals surface area (Å²) in [6.07, 6.45) is 2.98. The van der Waals surface area contributed by atoms with Gasteiger partial charge in [-0.3, -0.25) is 0 Å². The molecule has 0 saturated carbocycles. The summed E-state index contributed by atoms with van der Waals surface area (Å²) < 4.78 is 0. The maximum atomic E-state index is 6.13. The molecule has 0 bridgehead atoms. The van der Waals surface area contributed by atoms with Gasteiger partial charge in [-0.05, 0) is 37.1 Å². The minimum atomic E-state index is 0. The third-order valence-corrected chi connectivity index (χ3v) is 4.66. The topological polar surface area (TPSA) is 85.1 Å². The van der Waals surface area contributed by atoms with E-state index in [9.17, 15) is 0 Å². The largest absolute Gasteiger partial charge is 0.412 e. The summed E-state index contributed by atoms with van der Waals surface area (Å²) in [5, 5.41) is 4.30. The second-order valence-corrected chi connectivity index (χ2v) is 6.39. The van der Waals surface area contributed by atoms with E-state index >= 15 is 0 Å². The maximum Gasteiger partial charge on any atom is 0.113 e. The Kier molecular flexibility index (Phi) is 5.95. The van der Waals surface area contributed by atoms with Gasteiger partial charge in [-0.1, -0.05) is 29.3 Å². The molecule has 5 nitrogen and oxygen atoms in total. The SMILES string of the molecule is Cc1nc(C2=CNCC2)c2nc(-c3ccc(Cl)c(Cl)c3)cc-2[nH]1.Cl.O. The number of aryl methyl sites for hydroxylation is 1. The lowest BCUT2D eigenvalue weighted by Gasteiger charge is -2.08. The molecular formula is C17H17Cl3N4O. The van der Waals surface area contributed by atoms with Crippen LogP contribution in [-0.4, -0.2) is 27.0 Å². The molecule has 132 valence electrons. The molecule has 1 aromatic carbocycles. The Morgan fingerprint density at radius 3 is 2.52 bits per heavy atom. The van der Waals surface area contributed by atoms with Crippen molar-refractivity contribution in [1.82, 2.24) is 20.3 Å². The Bertz CT molecular complexity index is 907. The lowest BCUT2D eigenvalue weighted by molar-refractivity contribution is 0.824. The summed E-state index contributed by atoms with van der Waals surface area (Å²) >= 11 is 12.1. The van der Waals surface area contributed by atoms with Crippen LogP contribution < -0.4 is 5.32 Å². The van der Waals surface area contributed by atoms with Crippen molar-refractivity contribution in [3.05, 3.63) is 52.0 Å². The van der Waals surface area contributed by atoms with Crippen molar-refractivity contribution < 1.29 is 5.48 Å². The fraction of sp³-hybridized carbons (Fsp3) is 0.176. The van der Waals surface area contributed by atoms with Gasteiger partial charge in [0.15, 0.2) is 0 Å². The van der Waals surface area contributed by atoms with Crippen LogP contribution in [0.4, 0.5) is 0 Å². The smallest absolute Gasteiger partial charge is 0.113 e. The molecule has 8 heteroatoms. The van der Waals surface area contributed by atoms with Crippen molar-refractivity contribution in [2.45, 2.75) is 13.3 Å². The first kappa shape index (κ1) is 19.5. The van der Waals surface area contributed by atoms with Crippen LogP contribution in [0.25, 0.3) is 28.2 Å². The predicted octanol–water partition coefficient (Wildman–Crippen LogP) is 4.12. The van der Waals surface area contributed by atoms with E-state index in [1.807, 2.05) is 31.3 Å². The van der Waals surface area contributed by atoms with Gasteiger partial charge in [0.05, 0.1) is 27.1 Å². The normalized spacial score (nSPS) is 13.0. The lowest BCUT2D eigenvalue weighted by atomic mass is 10.1. The molecule has 3 aliphatic rings. The van der Waals surface area contributed by atoms with Gasteiger partial charge in [0.1, 0.15) is 11.5 Å². The summed E-state index contributed by atoms with van der Waals surface area (Å²) in [5.74, 6) is 0.869. The first-order chi connectivity index (χ1) is 11.1. The first-order valence-electron chi connectivity index (χ1n) is 7.37. The molecule has 0 aromatic heterocycles. The second kappa shape index (κ2) is 7.62. The molecule has 1 aromatic rings.